The zero-order valence-electron chi connectivity index (χ0n) is 16.3. The maximum Gasteiger partial charge on any atom is 0.433 e. The van der Waals surface area contributed by atoms with E-state index in [2.05, 4.69) is 25.8 Å². The van der Waals surface area contributed by atoms with Gasteiger partial charge in [-0.1, -0.05) is 5.10 Å². The number of cyclic esters (lactones) is 1. The number of amides is 2. The average Bonchev–Trinajstić information content (AvgIpc) is 3.38. The molecule has 0 radical (unpaired) electrons. The molecular formula is C17H18F3N7O4. The number of aryl methyl sites for hydroxylation is 1. The number of carbonyl (C=O) groups excluding carboxylic acids is 2. The molecule has 1 atom stereocenters. The zero-order valence-corrected chi connectivity index (χ0v) is 16.3. The molecule has 0 aromatic carbocycles. The van der Waals surface area contributed by atoms with Crippen molar-refractivity contribution in [3.8, 4) is 0 Å². The van der Waals surface area contributed by atoms with E-state index in [-0.39, 0.29) is 36.5 Å². The number of nitrogens with zero attached hydrogens (tertiary/aromatic N) is 6. The Labute approximate surface area is 173 Å². The van der Waals surface area contributed by atoms with Crippen LogP contribution in [0.3, 0.4) is 0 Å². The van der Waals surface area contributed by atoms with Crippen molar-refractivity contribution in [3.63, 3.8) is 0 Å². The number of alkyl halides is 3. The second-order valence-electron chi connectivity index (χ2n) is 7.17. The molecule has 1 unspecified atom stereocenters. The third-order valence-corrected chi connectivity index (χ3v) is 4.79. The molecule has 2 aromatic heterocycles. The van der Waals surface area contributed by atoms with Crippen LogP contribution in [0.1, 0.15) is 34.6 Å². The minimum atomic E-state index is -4.69. The van der Waals surface area contributed by atoms with Crippen molar-refractivity contribution in [1.82, 2.24) is 30.1 Å². The summed E-state index contributed by atoms with van der Waals surface area (Å²) in [4.78, 5) is 29.6. The van der Waals surface area contributed by atoms with Crippen LogP contribution in [0.4, 0.5) is 23.9 Å². The number of halogens is 3. The van der Waals surface area contributed by atoms with Crippen molar-refractivity contribution in [2.24, 2.45) is 7.05 Å². The SMILES string of the molecule is Cn1nnnc1NC(=O)c1ccc(C(F)(F)F)nc1COCC1CN(C2CC2)C(=O)O1. The second-order valence-corrected chi connectivity index (χ2v) is 7.17. The lowest BCUT2D eigenvalue weighted by molar-refractivity contribution is -0.141. The lowest BCUT2D eigenvalue weighted by atomic mass is 10.1. The largest absolute Gasteiger partial charge is 0.442 e. The Morgan fingerprint density at radius 1 is 1.35 bits per heavy atom. The van der Waals surface area contributed by atoms with Gasteiger partial charge in [-0.05, 0) is 35.4 Å². The Kier molecular flexibility index (Phi) is 5.47. The van der Waals surface area contributed by atoms with E-state index in [1.165, 1.54) is 11.7 Å². The fourth-order valence-electron chi connectivity index (χ4n) is 3.08. The van der Waals surface area contributed by atoms with Gasteiger partial charge >= 0.3 is 12.3 Å². The zero-order chi connectivity index (χ0) is 22.2. The van der Waals surface area contributed by atoms with Gasteiger partial charge in [0.05, 0.1) is 31.0 Å². The number of hydrogen-bond donors (Lipinski definition) is 1. The number of tetrazole rings is 1. The molecule has 0 spiro atoms. The molecule has 0 bridgehead atoms. The van der Waals surface area contributed by atoms with Gasteiger partial charge in [-0.15, -0.1) is 0 Å². The first kappa shape index (κ1) is 21.0. The van der Waals surface area contributed by atoms with Gasteiger partial charge in [0.15, 0.2) is 0 Å². The second kappa shape index (κ2) is 8.09. The molecule has 4 rings (SSSR count). The smallest absolute Gasteiger partial charge is 0.433 e. The van der Waals surface area contributed by atoms with Crippen LogP contribution in [0.2, 0.25) is 0 Å². The van der Waals surface area contributed by atoms with Crippen molar-refractivity contribution in [1.29, 1.82) is 0 Å². The molecule has 1 saturated heterocycles. The number of ether oxygens (including phenoxy) is 2. The van der Waals surface area contributed by atoms with Crippen LogP contribution in [0.25, 0.3) is 0 Å². The fourth-order valence-corrected chi connectivity index (χ4v) is 3.08. The Bertz CT molecular complexity index is 992. The van der Waals surface area contributed by atoms with Gasteiger partial charge < -0.3 is 14.4 Å². The topological polar surface area (TPSA) is 124 Å². The Balaban J connectivity index is 1.45. The molecular weight excluding hydrogens is 423 g/mol. The quantitative estimate of drug-likeness (QED) is 0.683. The molecule has 1 aliphatic carbocycles. The van der Waals surface area contributed by atoms with Crippen LogP contribution < -0.4 is 5.32 Å². The lowest BCUT2D eigenvalue weighted by Crippen LogP contribution is -2.28. The van der Waals surface area contributed by atoms with Gasteiger partial charge in [-0.25, -0.2) is 14.5 Å². The van der Waals surface area contributed by atoms with Crippen LogP contribution in [0.15, 0.2) is 12.1 Å². The lowest BCUT2D eigenvalue weighted by Gasteiger charge is -2.14. The predicted octanol–water partition coefficient (Wildman–Crippen LogP) is 1.38. The van der Waals surface area contributed by atoms with Crippen molar-refractivity contribution < 1.29 is 32.2 Å². The molecule has 2 fully saturated rings. The van der Waals surface area contributed by atoms with E-state index >= 15 is 0 Å². The molecule has 1 saturated carbocycles. The van der Waals surface area contributed by atoms with Crippen LogP contribution in [-0.2, 0) is 29.3 Å². The molecule has 11 nitrogen and oxygen atoms in total. The number of carbonyl (C=O) groups is 2. The summed E-state index contributed by atoms with van der Waals surface area (Å²) in [7, 11) is 1.48. The van der Waals surface area contributed by atoms with Gasteiger partial charge in [0.2, 0.25) is 5.95 Å². The molecule has 3 heterocycles. The van der Waals surface area contributed by atoms with Gasteiger partial charge in [-0.2, -0.15) is 13.2 Å². The van der Waals surface area contributed by atoms with Crippen molar-refractivity contribution >= 4 is 17.9 Å². The molecule has 14 heteroatoms. The first-order valence-corrected chi connectivity index (χ1v) is 9.38. The Hall–Kier alpha value is -3.29. The fraction of sp³-hybridized carbons (Fsp3) is 0.529. The van der Waals surface area contributed by atoms with Gasteiger partial charge in [-0.3, -0.25) is 10.1 Å². The van der Waals surface area contributed by atoms with E-state index in [1.807, 2.05) is 0 Å². The Morgan fingerprint density at radius 2 is 2.13 bits per heavy atom. The normalized spacial score (nSPS) is 18.9. The van der Waals surface area contributed by atoms with Crippen molar-refractivity contribution in [2.75, 3.05) is 18.5 Å². The minimum absolute atomic E-state index is 0.00908. The standard InChI is InChI=1S/C17H18F3N7O4/c1-26-15(23-24-25-26)22-14(28)11-4-5-13(17(18,19)20)21-12(11)8-30-7-10-6-27(9-2-3-9)16(29)31-10/h4-5,9-10H,2-3,6-8H2,1H3,(H,22,23,25,28). The number of hydrogen-bond acceptors (Lipinski definition) is 8. The number of rotatable bonds is 7. The molecule has 2 aliphatic rings. The molecule has 166 valence electrons. The van der Waals surface area contributed by atoms with Crippen LogP contribution in [-0.4, -0.2) is 67.4 Å². The highest BCUT2D eigenvalue weighted by molar-refractivity contribution is 6.04. The molecule has 1 aliphatic heterocycles. The monoisotopic (exact) mass is 441 g/mol. The summed E-state index contributed by atoms with van der Waals surface area (Å²) >= 11 is 0. The first-order valence-electron chi connectivity index (χ1n) is 9.38. The molecule has 1 N–H and O–H groups in total. The summed E-state index contributed by atoms with van der Waals surface area (Å²) in [5.74, 6) is -0.736. The summed E-state index contributed by atoms with van der Waals surface area (Å²) < 4.78 is 51.1. The van der Waals surface area contributed by atoms with E-state index in [9.17, 15) is 22.8 Å². The van der Waals surface area contributed by atoms with Crippen molar-refractivity contribution in [2.45, 2.75) is 37.8 Å². The minimum Gasteiger partial charge on any atom is -0.442 e. The van der Waals surface area contributed by atoms with E-state index < -0.39 is 30.0 Å². The maximum absolute atomic E-state index is 13.1. The predicted molar refractivity (Wildman–Crippen MR) is 95.6 cm³/mol. The number of anilines is 1. The molecule has 2 aromatic rings. The van der Waals surface area contributed by atoms with E-state index in [0.717, 1.165) is 18.9 Å². The number of aromatic nitrogens is 5. The van der Waals surface area contributed by atoms with Crippen LogP contribution in [0.5, 0.6) is 0 Å². The molecule has 2 amide bonds. The first-order chi connectivity index (χ1) is 14.7. The average molecular weight is 441 g/mol. The number of pyridine rings is 1. The van der Waals surface area contributed by atoms with E-state index in [1.54, 1.807) is 4.90 Å². The van der Waals surface area contributed by atoms with Crippen LogP contribution >= 0.6 is 0 Å². The highest BCUT2D eigenvalue weighted by Crippen LogP contribution is 2.31. The maximum atomic E-state index is 13.1. The van der Waals surface area contributed by atoms with Crippen molar-refractivity contribution in [3.05, 3.63) is 29.1 Å². The summed E-state index contributed by atoms with van der Waals surface area (Å²) in [6, 6.07) is 1.91. The van der Waals surface area contributed by atoms with E-state index in [0.29, 0.717) is 12.6 Å². The van der Waals surface area contributed by atoms with Gasteiger partial charge in [0.25, 0.3) is 5.91 Å². The summed E-state index contributed by atoms with van der Waals surface area (Å²) in [5.41, 5.74) is -1.50. The van der Waals surface area contributed by atoms with Crippen LogP contribution in [0, 0.1) is 0 Å². The van der Waals surface area contributed by atoms with Gasteiger partial charge in [0.1, 0.15) is 11.8 Å². The molecule has 31 heavy (non-hydrogen) atoms. The van der Waals surface area contributed by atoms with Gasteiger partial charge in [0, 0.05) is 13.1 Å². The summed E-state index contributed by atoms with van der Waals surface area (Å²) in [5, 5.41) is 12.9. The third kappa shape index (κ3) is 4.73. The Morgan fingerprint density at radius 3 is 2.77 bits per heavy atom. The highest BCUT2D eigenvalue weighted by atomic mass is 19.4. The number of nitrogens with one attached hydrogen (secondary N) is 1. The third-order valence-electron chi connectivity index (χ3n) is 4.79. The summed E-state index contributed by atoms with van der Waals surface area (Å²) in [6.07, 6.45) is -3.80. The van der Waals surface area contributed by atoms with E-state index in [4.69, 9.17) is 9.47 Å². The highest BCUT2D eigenvalue weighted by Gasteiger charge is 2.41. The summed E-state index contributed by atoms with van der Waals surface area (Å²) in [6.45, 7) is -0.0750.